The monoisotopic (exact) mass is 309 g/mol. The lowest BCUT2D eigenvalue weighted by atomic mass is 9.75. The van der Waals surface area contributed by atoms with Gasteiger partial charge in [-0.25, -0.2) is 0 Å². The molecule has 1 N–H and O–H groups in total. The first-order chi connectivity index (χ1) is 8.37. The van der Waals surface area contributed by atoms with E-state index in [0.29, 0.717) is 11.5 Å². The van der Waals surface area contributed by atoms with Crippen LogP contribution >= 0.6 is 15.9 Å². The molecule has 1 unspecified atom stereocenters. The van der Waals surface area contributed by atoms with E-state index < -0.39 is 0 Å². The zero-order chi connectivity index (χ0) is 13.3. The van der Waals surface area contributed by atoms with Crippen LogP contribution in [0.3, 0.4) is 0 Å². The first-order valence-corrected chi connectivity index (χ1v) is 7.70. The first-order valence-electron chi connectivity index (χ1n) is 6.91. The van der Waals surface area contributed by atoms with Crippen molar-refractivity contribution in [3.8, 4) is 0 Å². The van der Waals surface area contributed by atoms with Gasteiger partial charge in [0.2, 0.25) is 0 Å². The van der Waals surface area contributed by atoms with E-state index in [1.807, 2.05) is 0 Å². The number of benzene rings is 1. The minimum atomic E-state index is 0.487. The van der Waals surface area contributed by atoms with E-state index in [1.54, 1.807) is 0 Å². The van der Waals surface area contributed by atoms with Gasteiger partial charge in [-0.2, -0.15) is 0 Å². The molecule has 0 aromatic heterocycles. The van der Waals surface area contributed by atoms with Crippen LogP contribution in [0, 0.1) is 19.3 Å². The van der Waals surface area contributed by atoms with E-state index in [-0.39, 0.29) is 0 Å². The van der Waals surface area contributed by atoms with Crippen molar-refractivity contribution in [1.82, 2.24) is 0 Å². The van der Waals surface area contributed by atoms with Gasteiger partial charge in [-0.3, -0.25) is 0 Å². The molecule has 1 nitrogen and oxygen atoms in total. The van der Waals surface area contributed by atoms with Crippen LogP contribution in [0.4, 0.5) is 5.69 Å². The van der Waals surface area contributed by atoms with Gasteiger partial charge in [-0.1, -0.05) is 26.3 Å². The van der Waals surface area contributed by atoms with Crippen LogP contribution in [0.15, 0.2) is 16.6 Å². The highest BCUT2D eigenvalue weighted by atomic mass is 79.9. The van der Waals surface area contributed by atoms with Gasteiger partial charge in [0.15, 0.2) is 0 Å². The maximum absolute atomic E-state index is 3.75. The summed E-state index contributed by atoms with van der Waals surface area (Å²) in [5.41, 5.74) is 4.42. The van der Waals surface area contributed by atoms with Gasteiger partial charge in [-0.15, -0.1) is 0 Å². The summed E-state index contributed by atoms with van der Waals surface area (Å²) >= 11 is 3.69. The number of nitrogens with one attached hydrogen (secondary N) is 1. The molecule has 0 spiro atoms. The Kier molecular flexibility index (Phi) is 4.05. The highest BCUT2D eigenvalue weighted by molar-refractivity contribution is 9.10. The Bertz CT molecular complexity index is 414. The van der Waals surface area contributed by atoms with Crippen LogP contribution < -0.4 is 5.32 Å². The lowest BCUT2D eigenvalue weighted by molar-refractivity contribution is 0.229. The molecule has 1 fully saturated rings. The Hall–Kier alpha value is -0.500. The zero-order valence-electron chi connectivity index (χ0n) is 11.9. The van der Waals surface area contributed by atoms with Gasteiger partial charge in [0.1, 0.15) is 0 Å². The number of halogens is 1. The average Bonchev–Trinajstić information content (AvgIpc) is 2.22. The Labute approximate surface area is 119 Å². The molecule has 1 aliphatic rings. The molecule has 100 valence electrons. The van der Waals surface area contributed by atoms with Crippen LogP contribution in [0.1, 0.15) is 50.7 Å². The summed E-state index contributed by atoms with van der Waals surface area (Å²) < 4.78 is 1.20. The van der Waals surface area contributed by atoms with E-state index in [1.165, 1.54) is 47.0 Å². The molecule has 1 aromatic carbocycles. The molecule has 0 heterocycles. The second kappa shape index (κ2) is 5.24. The molecule has 0 radical (unpaired) electrons. The minimum Gasteiger partial charge on any atom is -0.381 e. The van der Waals surface area contributed by atoms with Gasteiger partial charge in [0.25, 0.3) is 0 Å². The molecule has 1 saturated carbocycles. The van der Waals surface area contributed by atoms with Crippen molar-refractivity contribution in [3.63, 3.8) is 0 Å². The molecular formula is C16H24BrN. The molecule has 0 bridgehead atoms. The van der Waals surface area contributed by atoms with Crippen LogP contribution in [0.5, 0.6) is 0 Å². The normalized spacial score (nSPS) is 22.8. The van der Waals surface area contributed by atoms with Gasteiger partial charge >= 0.3 is 0 Å². The molecule has 0 aliphatic heterocycles. The van der Waals surface area contributed by atoms with Crippen molar-refractivity contribution in [1.29, 1.82) is 0 Å². The standard InChI is InChI=1S/C16H24BrN/c1-11-8-12(2)15(14(17)9-11)18-13-6-5-7-16(3,4)10-13/h8-9,13,18H,5-7,10H2,1-4H3. The highest BCUT2D eigenvalue weighted by Gasteiger charge is 2.28. The fraction of sp³-hybridized carbons (Fsp3) is 0.625. The second-order valence-electron chi connectivity index (χ2n) is 6.54. The molecule has 2 heteroatoms. The largest absolute Gasteiger partial charge is 0.381 e. The van der Waals surface area contributed by atoms with Crippen molar-refractivity contribution < 1.29 is 0 Å². The summed E-state index contributed by atoms with van der Waals surface area (Å²) in [6, 6.07) is 5.07. The SMILES string of the molecule is Cc1cc(C)c(NC2CCCC(C)(C)C2)c(Br)c1. The minimum absolute atomic E-state index is 0.487. The third-order valence-electron chi connectivity index (χ3n) is 3.99. The highest BCUT2D eigenvalue weighted by Crippen LogP contribution is 2.38. The van der Waals surface area contributed by atoms with E-state index >= 15 is 0 Å². The Morgan fingerprint density at radius 3 is 2.61 bits per heavy atom. The van der Waals surface area contributed by atoms with Gasteiger partial charge < -0.3 is 5.32 Å². The smallest absolute Gasteiger partial charge is 0.0516 e. The third-order valence-corrected chi connectivity index (χ3v) is 4.61. The van der Waals surface area contributed by atoms with Crippen molar-refractivity contribution >= 4 is 21.6 Å². The first kappa shape index (κ1) is 13.9. The summed E-state index contributed by atoms with van der Waals surface area (Å²) in [6.45, 7) is 9.11. The maximum atomic E-state index is 3.75. The van der Waals surface area contributed by atoms with Crippen molar-refractivity contribution in [2.75, 3.05) is 5.32 Å². The molecule has 18 heavy (non-hydrogen) atoms. The average molecular weight is 310 g/mol. The van der Waals surface area contributed by atoms with Crippen LogP contribution in [0.2, 0.25) is 0 Å². The number of aryl methyl sites for hydroxylation is 2. The molecule has 1 aromatic rings. The molecule has 1 aliphatic carbocycles. The van der Waals surface area contributed by atoms with E-state index in [4.69, 9.17) is 0 Å². The fourth-order valence-corrected chi connectivity index (χ4v) is 3.91. The van der Waals surface area contributed by atoms with Crippen LogP contribution in [0.25, 0.3) is 0 Å². The second-order valence-corrected chi connectivity index (χ2v) is 7.39. The summed E-state index contributed by atoms with van der Waals surface area (Å²) in [4.78, 5) is 0. The van der Waals surface area contributed by atoms with E-state index in [0.717, 1.165) is 0 Å². The third kappa shape index (κ3) is 3.28. The molecule has 0 saturated heterocycles. The molecule has 2 rings (SSSR count). The van der Waals surface area contributed by atoms with E-state index in [9.17, 15) is 0 Å². The predicted octanol–water partition coefficient (Wildman–Crippen LogP) is 5.45. The van der Waals surface area contributed by atoms with Gasteiger partial charge in [0, 0.05) is 10.5 Å². The number of hydrogen-bond acceptors (Lipinski definition) is 1. The fourth-order valence-electron chi connectivity index (χ4n) is 3.12. The zero-order valence-corrected chi connectivity index (χ0v) is 13.5. The topological polar surface area (TPSA) is 12.0 Å². The number of rotatable bonds is 2. The summed E-state index contributed by atoms with van der Waals surface area (Å²) in [5, 5.41) is 3.75. The van der Waals surface area contributed by atoms with Gasteiger partial charge in [0.05, 0.1) is 5.69 Å². The Balaban J connectivity index is 2.14. The lowest BCUT2D eigenvalue weighted by Crippen LogP contribution is -2.32. The van der Waals surface area contributed by atoms with E-state index in [2.05, 4.69) is 61.1 Å². The Morgan fingerprint density at radius 2 is 2.00 bits per heavy atom. The summed E-state index contributed by atoms with van der Waals surface area (Å²) in [7, 11) is 0. The molecule has 1 atom stereocenters. The van der Waals surface area contributed by atoms with Gasteiger partial charge in [-0.05, 0) is 71.6 Å². The van der Waals surface area contributed by atoms with Crippen molar-refractivity contribution in [2.45, 2.75) is 59.4 Å². The predicted molar refractivity (Wildman–Crippen MR) is 83.3 cm³/mol. The van der Waals surface area contributed by atoms with Crippen molar-refractivity contribution in [2.24, 2.45) is 5.41 Å². The number of anilines is 1. The van der Waals surface area contributed by atoms with Crippen LogP contribution in [-0.2, 0) is 0 Å². The van der Waals surface area contributed by atoms with Crippen molar-refractivity contribution in [3.05, 3.63) is 27.7 Å². The number of hydrogen-bond donors (Lipinski definition) is 1. The lowest BCUT2D eigenvalue weighted by Gasteiger charge is -2.36. The van der Waals surface area contributed by atoms with Crippen LogP contribution in [-0.4, -0.2) is 6.04 Å². The molecular weight excluding hydrogens is 286 g/mol. The quantitative estimate of drug-likeness (QED) is 0.766. The summed E-state index contributed by atoms with van der Waals surface area (Å²) in [5.74, 6) is 0. The molecule has 0 amide bonds. The maximum Gasteiger partial charge on any atom is 0.0516 e. The Morgan fingerprint density at radius 1 is 1.28 bits per heavy atom. The summed E-state index contributed by atoms with van der Waals surface area (Å²) in [6.07, 6.45) is 5.27.